The summed E-state index contributed by atoms with van der Waals surface area (Å²) in [6.45, 7) is 4.18. The molecular weight excluding hydrogens is 504 g/mol. The van der Waals surface area contributed by atoms with Gasteiger partial charge in [-0.25, -0.2) is 0 Å². The van der Waals surface area contributed by atoms with Crippen LogP contribution >= 0.6 is 0 Å². The molecule has 0 heterocycles. The highest BCUT2D eigenvalue weighted by atomic mass is 14.2. The van der Waals surface area contributed by atoms with E-state index in [-0.39, 0.29) is 0 Å². The molecular formula is C42H32. The van der Waals surface area contributed by atoms with E-state index in [2.05, 4.69) is 172 Å². The minimum absolute atomic E-state index is 1.23. The zero-order chi connectivity index (χ0) is 28.5. The Bertz CT molecular complexity index is 2140. The first-order valence-corrected chi connectivity index (χ1v) is 14.7. The molecule has 0 saturated heterocycles. The third-order valence-electron chi connectivity index (χ3n) is 8.31. The molecule has 0 aliphatic carbocycles. The fourth-order valence-corrected chi connectivity index (χ4v) is 6.43. The van der Waals surface area contributed by atoms with Crippen molar-refractivity contribution in [1.82, 2.24) is 0 Å². The van der Waals surface area contributed by atoms with Crippen LogP contribution in [-0.4, -0.2) is 0 Å². The minimum atomic E-state index is 1.23. The Balaban J connectivity index is 1.64. The van der Waals surface area contributed by atoms with Gasteiger partial charge in [0, 0.05) is 0 Å². The lowest BCUT2D eigenvalue weighted by molar-refractivity contribution is 1.58. The van der Waals surface area contributed by atoms with Gasteiger partial charge in [0.1, 0.15) is 0 Å². The van der Waals surface area contributed by atoms with Crippen molar-refractivity contribution >= 4 is 37.9 Å². The molecule has 7 aromatic rings. The zero-order valence-electron chi connectivity index (χ0n) is 24.0. The van der Waals surface area contributed by atoms with E-state index in [1.165, 1.54) is 76.8 Å². The monoisotopic (exact) mass is 536 g/mol. The molecule has 0 amide bonds. The molecule has 0 unspecified atom stereocenters. The maximum atomic E-state index is 2.40. The Kier molecular flexibility index (Phi) is 6.74. The minimum Gasteiger partial charge on any atom is -0.0871 e. The Labute approximate surface area is 247 Å². The predicted octanol–water partition coefficient (Wildman–Crippen LogP) is 12.1. The molecule has 42 heavy (non-hydrogen) atoms. The summed E-state index contributed by atoms with van der Waals surface area (Å²) < 4.78 is 0. The summed E-state index contributed by atoms with van der Waals surface area (Å²) in [5.41, 5.74) is 9.98. The molecule has 0 nitrogen and oxygen atoms in total. The van der Waals surface area contributed by atoms with Crippen LogP contribution in [0.1, 0.15) is 19.4 Å². The maximum absolute atomic E-state index is 2.40. The first-order valence-electron chi connectivity index (χ1n) is 14.7. The van der Waals surface area contributed by atoms with Crippen LogP contribution in [0.4, 0.5) is 0 Å². The maximum Gasteiger partial charge on any atom is -0.00199 e. The number of fused-ring (bicyclic) bond motifs is 3. The van der Waals surface area contributed by atoms with E-state index in [0.717, 1.165) is 0 Å². The molecule has 0 aliphatic rings. The molecule has 0 bridgehead atoms. The van der Waals surface area contributed by atoms with E-state index in [0.29, 0.717) is 0 Å². The number of hydrogen-bond acceptors (Lipinski definition) is 0. The highest BCUT2D eigenvalue weighted by Gasteiger charge is 2.19. The van der Waals surface area contributed by atoms with Gasteiger partial charge in [-0.1, -0.05) is 140 Å². The lowest BCUT2D eigenvalue weighted by Gasteiger charge is -2.20. The summed E-state index contributed by atoms with van der Waals surface area (Å²) in [5, 5.41) is 7.59. The van der Waals surface area contributed by atoms with Crippen molar-refractivity contribution in [3.8, 4) is 33.4 Å². The fraction of sp³-hybridized carbons (Fsp3) is 0.0476. The van der Waals surface area contributed by atoms with Gasteiger partial charge >= 0.3 is 0 Å². The standard InChI is InChI=1S/C42H32/c1-3-15-29(4-2)31-20-14-21-34(26-31)41-37-24-12-13-25-38(37)42(40-28-33-19-9-8-18-32(33)27-39(40)41)36-23-11-10-22-35(36)30-16-6-5-7-17-30/h3-28H,1-2H3/b15-3-,29-4+. The third-order valence-corrected chi connectivity index (χ3v) is 8.31. The topological polar surface area (TPSA) is 0 Å². The Morgan fingerprint density at radius 3 is 1.71 bits per heavy atom. The van der Waals surface area contributed by atoms with Gasteiger partial charge in [-0.15, -0.1) is 0 Å². The molecule has 0 heteroatoms. The van der Waals surface area contributed by atoms with Crippen molar-refractivity contribution in [3.05, 3.63) is 163 Å². The number of allylic oxidation sites excluding steroid dienone is 4. The molecule has 0 aromatic heterocycles. The summed E-state index contributed by atoms with van der Waals surface area (Å²) in [4.78, 5) is 0. The predicted molar refractivity (Wildman–Crippen MR) is 184 cm³/mol. The molecule has 0 radical (unpaired) electrons. The molecule has 0 N–H and O–H groups in total. The van der Waals surface area contributed by atoms with Gasteiger partial charge in [-0.3, -0.25) is 0 Å². The number of benzene rings is 7. The zero-order valence-corrected chi connectivity index (χ0v) is 24.0. The summed E-state index contributed by atoms with van der Waals surface area (Å²) in [6, 6.07) is 51.1. The van der Waals surface area contributed by atoms with Crippen LogP contribution in [0.15, 0.2) is 158 Å². The molecule has 7 rings (SSSR count). The Morgan fingerprint density at radius 1 is 0.452 bits per heavy atom. The summed E-state index contributed by atoms with van der Waals surface area (Å²) in [6.07, 6.45) is 6.48. The molecule has 0 aliphatic heterocycles. The lowest BCUT2D eigenvalue weighted by atomic mass is 9.82. The van der Waals surface area contributed by atoms with E-state index in [1.807, 2.05) is 0 Å². The van der Waals surface area contributed by atoms with Crippen LogP contribution in [0, 0.1) is 0 Å². The van der Waals surface area contributed by atoms with Gasteiger partial charge in [0.15, 0.2) is 0 Å². The van der Waals surface area contributed by atoms with E-state index < -0.39 is 0 Å². The first kappa shape index (κ1) is 25.7. The Morgan fingerprint density at radius 2 is 1.02 bits per heavy atom. The van der Waals surface area contributed by atoms with Crippen LogP contribution in [-0.2, 0) is 0 Å². The van der Waals surface area contributed by atoms with Crippen molar-refractivity contribution in [1.29, 1.82) is 0 Å². The van der Waals surface area contributed by atoms with Crippen LogP contribution < -0.4 is 0 Å². The highest BCUT2D eigenvalue weighted by molar-refractivity contribution is 6.24. The first-order chi connectivity index (χ1) is 20.8. The summed E-state index contributed by atoms with van der Waals surface area (Å²) >= 11 is 0. The molecule has 0 saturated carbocycles. The van der Waals surface area contributed by atoms with Crippen LogP contribution in [0.2, 0.25) is 0 Å². The summed E-state index contributed by atoms with van der Waals surface area (Å²) in [5.74, 6) is 0. The number of hydrogen-bond donors (Lipinski definition) is 0. The van der Waals surface area contributed by atoms with Gasteiger partial charge in [0.05, 0.1) is 0 Å². The second kappa shape index (κ2) is 11.0. The van der Waals surface area contributed by atoms with Gasteiger partial charge < -0.3 is 0 Å². The van der Waals surface area contributed by atoms with E-state index in [1.54, 1.807) is 0 Å². The second-order valence-electron chi connectivity index (χ2n) is 10.8. The van der Waals surface area contributed by atoms with Crippen LogP contribution in [0.25, 0.3) is 71.3 Å². The van der Waals surface area contributed by atoms with Gasteiger partial charge in [0.2, 0.25) is 0 Å². The van der Waals surface area contributed by atoms with Gasteiger partial charge in [-0.05, 0) is 109 Å². The fourth-order valence-electron chi connectivity index (χ4n) is 6.43. The molecule has 0 fully saturated rings. The third kappa shape index (κ3) is 4.42. The smallest absolute Gasteiger partial charge is 0.00199 e. The van der Waals surface area contributed by atoms with E-state index in [9.17, 15) is 0 Å². The van der Waals surface area contributed by atoms with E-state index in [4.69, 9.17) is 0 Å². The van der Waals surface area contributed by atoms with Crippen molar-refractivity contribution < 1.29 is 0 Å². The highest BCUT2D eigenvalue weighted by Crippen LogP contribution is 2.47. The average Bonchev–Trinajstić information content (AvgIpc) is 3.05. The molecule has 0 spiro atoms. The quantitative estimate of drug-likeness (QED) is 0.152. The van der Waals surface area contributed by atoms with Crippen molar-refractivity contribution in [2.75, 3.05) is 0 Å². The van der Waals surface area contributed by atoms with Crippen molar-refractivity contribution in [2.45, 2.75) is 13.8 Å². The molecule has 7 aromatic carbocycles. The van der Waals surface area contributed by atoms with E-state index >= 15 is 0 Å². The average molecular weight is 537 g/mol. The van der Waals surface area contributed by atoms with Crippen LogP contribution in [0.5, 0.6) is 0 Å². The molecule has 200 valence electrons. The van der Waals surface area contributed by atoms with Crippen LogP contribution in [0.3, 0.4) is 0 Å². The SMILES string of the molecule is C/C=C\C(=C/C)c1cccc(-c2c3ccccc3c(-c3ccccc3-c3ccccc3)c3cc4ccccc4cc23)c1. The number of rotatable bonds is 5. The normalized spacial score (nSPS) is 12.1. The lowest BCUT2D eigenvalue weighted by Crippen LogP contribution is -1.93. The van der Waals surface area contributed by atoms with Crippen molar-refractivity contribution in [2.24, 2.45) is 0 Å². The largest absolute Gasteiger partial charge is 0.0871 e. The second-order valence-corrected chi connectivity index (χ2v) is 10.8. The Hall–Kier alpha value is -5.20. The van der Waals surface area contributed by atoms with Gasteiger partial charge in [0.25, 0.3) is 0 Å². The summed E-state index contributed by atoms with van der Waals surface area (Å²) in [7, 11) is 0. The van der Waals surface area contributed by atoms with Gasteiger partial charge in [-0.2, -0.15) is 0 Å². The van der Waals surface area contributed by atoms with Crippen molar-refractivity contribution in [3.63, 3.8) is 0 Å². The molecule has 0 atom stereocenters.